The highest BCUT2D eigenvalue weighted by molar-refractivity contribution is 8.27. The fourth-order valence-electron chi connectivity index (χ4n) is 8.01. The number of aliphatic imine (C=N–C) groups is 1. The molecule has 38 heavy (non-hydrogen) atoms. The van der Waals surface area contributed by atoms with Crippen LogP contribution in [0.2, 0.25) is 0 Å². The fraction of sp³-hybridized carbons (Fsp3) is 0.467. The maximum atomic E-state index is 13.2. The van der Waals surface area contributed by atoms with E-state index in [1.807, 2.05) is 32.0 Å². The van der Waals surface area contributed by atoms with Gasteiger partial charge in [-0.25, -0.2) is 0 Å². The Kier molecular flexibility index (Phi) is 5.32. The van der Waals surface area contributed by atoms with Gasteiger partial charge in [-0.1, -0.05) is 6.07 Å². The summed E-state index contributed by atoms with van der Waals surface area (Å²) in [6, 6.07) is 8.15. The van der Waals surface area contributed by atoms with E-state index in [2.05, 4.69) is 22.5 Å². The molecule has 0 spiro atoms. The van der Waals surface area contributed by atoms with Crippen molar-refractivity contribution >= 4 is 39.8 Å². The lowest BCUT2D eigenvalue weighted by Gasteiger charge is -2.56. The number of hydrogen-bond donors (Lipinski definition) is 1. The highest BCUT2D eigenvalue weighted by Gasteiger charge is 2.55. The van der Waals surface area contributed by atoms with Gasteiger partial charge in [0.05, 0.1) is 18.4 Å². The number of methoxy groups -OCH3 is 1. The van der Waals surface area contributed by atoms with E-state index in [9.17, 15) is 4.79 Å². The molecule has 6 aliphatic rings. The first-order chi connectivity index (χ1) is 18.2. The van der Waals surface area contributed by atoms with E-state index in [0.29, 0.717) is 5.17 Å². The number of hydrogen-bond acceptors (Lipinski definition) is 5. The molecule has 4 bridgehead atoms. The van der Waals surface area contributed by atoms with Gasteiger partial charge in [0.1, 0.15) is 10.8 Å². The number of aromatic nitrogens is 1. The molecule has 0 unspecified atom stereocenters. The summed E-state index contributed by atoms with van der Waals surface area (Å²) >= 11 is 1.53. The first kappa shape index (κ1) is 23.9. The zero-order valence-corrected chi connectivity index (χ0v) is 23.2. The van der Waals surface area contributed by atoms with E-state index in [0.717, 1.165) is 56.7 Å². The normalized spacial score (nSPS) is 30.7. The highest BCUT2D eigenvalue weighted by atomic mass is 32.2. The predicted molar refractivity (Wildman–Crippen MR) is 152 cm³/mol. The average Bonchev–Trinajstić information content (AvgIpc) is 3.42. The molecule has 8 heteroatoms. The zero-order chi connectivity index (χ0) is 26.3. The van der Waals surface area contributed by atoms with Gasteiger partial charge in [-0.05, 0) is 124 Å². The Morgan fingerprint density at radius 2 is 1.76 bits per heavy atom. The molecule has 0 radical (unpaired) electrons. The van der Waals surface area contributed by atoms with Crippen LogP contribution >= 0.6 is 11.8 Å². The number of hydrazone groups is 1. The Bertz CT molecular complexity index is 1460. The van der Waals surface area contributed by atoms with Crippen LogP contribution in [-0.4, -0.2) is 38.6 Å². The molecule has 1 aromatic carbocycles. The first-order valence-electron chi connectivity index (χ1n) is 13.6. The predicted octanol–water partition coefficient (Wildman–Crippen LogP) is 6.25. The van der Waals surface area contributed by atoms with Crippen LogP contribution in [0, 0.1) is 49.3 Å². The molecule has 0 saturated heterocycles. The van der Waals surface area contributed by atoms with Crippen LogP contribution < -0.4 is 4.74 Å². The van der Waals surface area contributed by atoms with E-state index in [1.54, 1.807) is 18.2 Å². The Morgan fingerprint density at radius 1 is 1.08 bits per heavy atom. The summed E-state index contributed by atoms with van der Waals surface area (Å²) in [4.78, 5) is 17.6. The number of thioether (sulfide) groups is 1. The Morgan fingerprint density at radius 3 is 2.42 bits per heavy atom. The van der Waals surface area contributed by atoms with Crippen LogP contribution in [0.5, 0.6) is 5.75 Å². The molecule has 4 aliphatic carbocycles. The fourth-order valence-corrected chi connectivity index (χ4v) is 9.12. The lowest BCUT2D eigenvalue weighted by Crippen LogP contribution is -2.49. The van der Waals surface area contributed by atoms with Gasteiger partial charge >= 0.3 is 0 Å². The molecule has 4 saturated carbocycles. The summed E-state index contributed by atoms with van der Waals surface area (Å²) in [6.07, 6.45) is 9.51. The molecule has 8 rings (SSSR count). The van der Waals surface area contributed by atoms with Crippen molar-refractivity contribution in [3.8, 4) is 11.4 Å². The van der Waals surface area contributed by atoms with E-state index in [4.69, 9.17) is 15.2 Å². The summed E-state index contributed by atoms with van der Waals surface area (Å²) < 4.78 is 7.77. The van der Waals surface area contributed by atoms with Gasteiger partial charge in [-0.15, -0.1) is 0 Å². The van der Waals surface area contributed by atoms with Gasteiger partial charge in [0.2, 0.25) is 5.17 Å². The summed E-state index contributed by atoms with van der Waals surface area (Å²) in [7, 11) is 1.68. The van der Waals surface area contributed by atoms with Gasteiger partial charge in [0.25, 0.3) is 5.91 Å². The van der Waals surface area contributed by atoms with Crippen molar-refractivity contribution in [2.75, 3.05) is 7.11 Å². The van der Waals surface area contributed by atoms with Crippen molar-refractivity contribution in [3.05, 3.63) is 52.4 Å². The highest BCUT2D eigenvalue weighted by Crippen LogP contribution is 2.62. The Balaban J connectivity index is 1.23. The number of carbonyl (C=O) groups is 1. The molecule has 1 aromatic heterocycles. The van der Waals surface area contributed by atoms with Crippen LogP contribution in [0.25, 0.3) is 11.8 Å². The maximum Gasteiger partial charge on any atom is 0.283 e. The first-order valence-corrected chi connectivity index (χ1v) is 14.4. The van der Waals surface area contributed by atoms with Gasteiger partial charge in [-0.2, -0.15) is 15.1 Å². The van der Waals surface area contributed by atoms with Crippen molar-refractivity contribution in [1.82, 2.24) is 9.58 Å². The van der Waals surface area contributed by atoms with Crippen LogP contribution in [-0.2, 0) is 4.79 Å². The minimum atomic E-state index is -0.367. The number of rotatable bonds is 4. The van der Waals surface area contributed by atoms with Crippen LogP contribution in [0.1, 0.15) is 61.0 Å². The number of carbonyl (C=O) groups excluding carboxylic acids is 1. The molecule has 2 aliphatic heterocycles. The average molecular weight is 528 g/mol. The summed E-state index contributed by atoms with van der Waals surface area (Å²) in [6.45, 7) is 6.13. The molecule has 7 nitrogen and oxygen atoms in total. The minimum Gasteiger partial charge on any atom is -0.495 e. The Labute approximate surface area is 227 Å². The number of ether oxygens (including phenoxy) is 1. The monoisotopic (exact) mass is 527 g/mol. The van der Waals surface area contributed by atoms with Crippen LogP contribution in [0.4, 0.5) is 0 Å². The number of amides is 1. The maximum absolute atomic E-state index is 13.2. The van der Waals surface area contributed by atoms with Crippen molar-refractivity contribution in [1.29, 1.82) is 5.41 Å². The second-order valence-corrected chi connectivity index (χ2v) is 12.9. The van der Waals surface area contributed by atoms with E-state index in [1.165, 1.54) is 50.3 Å². The van der Waals surface area contributed by atoms with E-state index >= 15 is 0 Å². The second kappa shape index (κ2) is 8.43. The zero-order valence-electron chi connectivity index (χ0n) is 22.4. The number of fused-ring (bicyclic) bond motifs is 1. The topological polar surface area (TPSA) is 83.0 Å². The lowest BCUT2D eigenvalue weighted by atomic mass is 9.50. The van der Waals surface area contributed by atoms with Crippen molar-refractivity contribution in [2.45, 2.75) is 59.3 Å². The summed E-state index contributed by atoms with van der Waals surface area (Å²) in [5.74, 6) is 2.96. The number of amidine groups is 2. The number of benzene rings is 1. The quantitative estimate of drug-likeness (QED) is 0.477. The van der Waals surface area contributed by atoms with Gasteiger partial charge in [0, 0.05) is 16.8 Å². The van der Waals surface area contributed by atoms with Crippen molar-refractivity contribution in [3.63, 3.8) is 0 Å². The van der Waals surface area contributed by atoms with Crippen LogP contribution in [0.15, 0.2) is 39.9 Å². The van der Waals surface area contributed by atoms with E-state index < -0.39 is 0 Å². The third kappa shape index (κ3) is 3.56. The smallest absolute Gasteiger partial charge is 0.283 e. The standard InChI is InChI=1S/C30H33N5O2S/c1-16-5-6-25(37-4)24(7-16)34-17(2)8-22(18(34)3)12-23-26(31)35-29(32-27(23)36)38-28(33-35)30-13-19-9-20(14-30)11-21(10-19)15-30/h5-8,12,19-21,31H,9-11,13-15H2,1-4H3/b23-12+,31-26?. The van der Waals surface area contributed by atoms with Gasteiger partial charge < -0.3 is 9.30 Å². The molecular weight excluding hydrogens is 494 g/mol. The summed E-state index contributed by atoms with van der Waals surface area (Å²) in [5, 5.41) is 17.2. The van der Waals surface area contributed by atoms with Crippen LogP contribution in [0.3, 0.4) is 0 Å². The number of nitrogens with one attached hydrogen (secondary N) is 1. The number of nitrogens with zero attached hydrogens (tertiary/aromatic N) is 4. The molecule has 3 heterocycles. The summed E-state index contributed by atoms with van der Waals surface area (Å²) in [5.41, 5.74) is 5.37. The van der Waals surface area contributed by atoms with Gasteiger partial charge in [0.15, 0.2) is 5.84 Å². The molecule has 196 valence electrons. The van der Waals surface area contributed by atoms with Gasteiger partial charge in [-0.3, -0.25) is 10.2 Å². The third-order valence-electron chi connectivity index (χ3n) is 9.29. The number of aryl methyl sites for hydroxylation is 2. The van der Waals surface area contributed by atoms with E-state index in [-0.39, 0.29) is 22.7 Å². The molecular formula is C30H33N5O2S. The SMILES string of the molecule is COc1ccc(C)cc1-n1c(C)cc(/C=C2\C(=N)N3N=C(C45CC6CC(CC(C6)C4)C5)SC3=NC2=O)c1C. The molecule has 1 N–H and O–H groups in total. The molecule has 1 amide bonds. The molecule has 0 atom stereocenters. The largest absolute Gasteiger partial charge is 0.495 e. The van der Waals surface area contributed by atoms with Crippen molar-refractivity contribution < 1.29 is 9.53 Å². The second-order valence-electron chi connectivity index (χ2n) is 12.0. The molecule has 4 fully saturated rings. The Hall–Kier alpha value is -3.13. The molecule has 2 aromatic rings. The lowest BCUT2D eigenvalue weighted by molar-refractivity contribution is -0.114. The third-order valence-corrected chi connectivity index (χ3v) is 10.4. The van der Waals surface area contributed by atoms with Crippen molar-refractivity contribution in [2.24, 2.45) is 33.3 Å². The minimum absolute atomic E-state index is 0.115.